The van der Waals surface area contributed by atoms with Crippen LogP contribution in [0.25, 0.3) is 0 Å². The van der Waals surface area contributed by atoms with Crippen LogP contribution in [0.1, 0.15) is 55.5 Å². The molecule has 0 aliphatic heterocycles. The fourth-order valence-electron chi connectivity index (χ4n) is 2.86. The van der Waals surface area contributed by atoms with Crippen molar-refractivity contribution in [1.82, 2.24) is 0 Å². The first-order valence-electron chi connectivity index (χ1n) is 7.00. The van der Waals surface area contributed by atoms with E-state index >= 15 is 0 Å². The number of carboxylic acids is 1. The Morgan fingerprint density at radius 2 is 2.11 bits per heavy atom. The molecule has 1 aliphatic rings. The van der Waals surface area contributed by atoms with Crippen LogP contribution in [0.15, 0.2) is 18.2 Å². The monoisotopic (exact) mass is 261 g/mol. The molecule has 0 bridgehead atoms. The van der Waals surface area contributed by atoms with Gasteiger partial charge in [0, 0.05) is 11.7 Å². The summed E-state index contributed by atoms with van der Waals surface area (Å²) in [4.78, 5) is 11.1. The van der Waals surface area contributed by atoms with Crippen molar-refractivity contribution in [3.05, 3.63) is 29.3 Å². The lowest BCUT2D eigenvalue weighted by Crippen LogP contribution is -2.39. The number of hydrogen-bond donors (Lipinski definition) is 2. The van der Waals surface area contributed by atoms with Gasteiger partial charge in [-0.3, -0.25) is 0 Å². The third kappa shape index (κ3) is 3.09. The van der Waals surface area contributed by atoms with Crippen molar-refractivity contribution in [2.24, 2.45) is 5.41 Å². The number of anilines is 1. The highest BCUT2D eigenvalue weighted by molar-refractivity contribution is 5.89. The molecular formula is C16H23NO2. The van der Waals surface area contributed by atoms with E-state index in [-0.39, 0.29) is 5.41 Å². The molecule has 2 rings (SSSR count). The van der Waals surface area contributed by atoms with Gasteiger partial charge in [0.15, 0.2) is 0 Å². The molecule has 0 heterocycles. The highest BCUT2D eigenvalue weighted by atomic mass is 16.4. The maximum absolute atomic E-state index is 11.1. The predicted octanol–water partition coefficient (Wildman–Crippen LogP) is 4.07. The van der Waals surface area contributed by atoms with Crippen LogP contribution in [0.2, 0.25) is 0 Å². The van der Waals surface area contributed by atoms with Gasteiger partial charge in [0.25, 0.3) is 0 Å². The minimum absolute atomic E-state index is 0.268. The van der Waals surface area contributed by atoms with Crippen molar-refractivity contribution in [3.8, 4) is 0 Å². The zero-order chi connectivity index (χ0) is 14.0. The van der Waals surface area contributed by atoms with E-state index in [2.05, 4.69) is 19.2 Å². The number of nitrogens with one attached hydrogen (secondary N) is 1. The summed E-state index contributed by atoms with van der Waals surface area (Å²) in [6.45, 7) is 6.60. The van der Waals surface area contributed by atoms with Crippen LogP contribution in [0.5, 0.6) is 0 Å². The van der Waals surface area contributed by atoms with Gasteiger partial charge in [0.1, 0.15) is 0 Å². The number of rotatable bonds is 3. The highest BCUT2D eigenvalue weighted by Crippen LogP contribution is 2.37. The van der Waals surface area contributed by atoms with Crippen molar-refractivity contribution >= 4 is 11.7 Å². The van der Waals surface area contributed by atoms with Gasteiger partial charge in [-0.15, -0.1) is 0 Å². The smallest absolute Gasteiger partial charge is 0.335 e. The minimum Gasteiger partial charge on any atom is -0.478 e. The summed E-state index contributed by atoms with van der Waals surface area (Å²) < 4.78 is 0. The molecule has 2 N–H and O–H groups in total. The van der Waals surface area contributed by atoms with Crippen LogP contribution in [0.3, 0.4) is 0 Å². The standard InChI is InChI=1S/C16H23NO2/c1-11-7-8-12(15(18)19)10-13(11)17-14-6-4-5-9-16(14,2)3/h7-8,10,14,17H,4-6,9H2,1-3H3,(H,18,19). The summed E-state index contributed by atoms with van der Waals surface area (Å²) in [6.07, 6.45) is 4.92. The Labute approximate surface area is 115 Å². The summed E-state index contributed by atoms with van der Waals surface area (Å²) in [5.41, 5.74) is 2.68. The normalized spacial score (nSPS) is 21.9. The lowest BCUT2D eigenvalue weighted by molar-refractivity contribution is 0.0697. The second kappa shape index (κ2) is 5.24. The number of hydrogen-bond acceptors (Lipinski definition) is 2. The zero-order valence-electron chi connectivity index (χ0n) is 12.0. The van der Waals surface area contributed by atoms with E-state index in [1.54, 1.807) is 12.1 Å². The molecule has 1 aromatic carbocycles. The minimum atomic E-state index is -0.869. The Hall–Kier alpha value is -1.51. The molecule has 0 radical (unpaired) electrons. The van der Waals surface area contributed by atoms with E-state index in [1.165, 1.54) is 19.3 Å². The molecule has 0 amide bonds. The summed E-state index contributed by atoms with van der Waals surface area (Å²) in [5, 5.41) is 12.7. The third-order valence-corrected chi connectivity index (χ3v) is 4.32. The first kappa shape index (κ1) is 13.9. The Morgan fingerprint density at radius 3 is 2.74 bits per heavy atom. The third-order valence-electron chi connectivity index (χ3n) is 4.32. The van der Waals surface area contributed by atoms with Gasteiger partial charge >= 0.3 is 5.97 Å². The largest absolute Gasteiger partial charge is 0.478 e. The molecule has 0 saturated heterocycles. The van der Waals surface area contributed by atoms with Crippen LogP contribution >= 0.6 is 0 Å². The zero-order valence-corrected chi connectivity index (χ0v) is 12.0. The SMILES string of the molecule is Cc1ccc(C(=O)O)cc1NC1CCCCC1(C)C. The van der Waals surface area contributed by atoms with Crippen molar-refractivity contribution in [3.63, 3.8) is 0 Å². The molecule has 19 heavy (non-hydrogen) atoms. The Kier molecular flexibility index (Phi) is 3.83. The summed E-state index contributed by atoms with van der Waals surface area (Å²) in [5.74, 6) is -0.869. The molecule has 1 fully saturated rings. The van der Waals surface area contributed by atoms with E-state index in [9.17, 15) is 4.79 Å². The first-order chi connectivity index (χ1) is 8.90. The van der Waals surface area contributed by atoms with Crippen molar-refractivity contribution in [2.45, 2.75) is 52.5 Å². The van der Waals surface area contributed by atoms with E-state index in [1.807, 2.05) is 13.0 Å². The van der Waals surface area contributed by atoms with Gasteiger partial charge in [-0.05, 0) is 42.9 Å². The second-order valence-corrected chi connectivity index (χ2v) is 6.27. The molecular weight excluding hydrogens is 238 g/mol. The van der Waals surface area contributed by atoms with Crippen LogP contribution in [0.4, 0.5) is 5.69 Å². The van der Waals surface area contributed by atoms with E-state index < -0.39 is 5.97 Å². The number of aromatic carboxylic acids is 1. The molecule has 1 aromatic rings. The van der Waals surface area contributed by atoms with Gasteiger partial charge in [-0.2, -0.15) is 0 Å². The molecule has 0 spiro atoms. The van der Waals surface area contributed by atoms with Gasteiger partial charge in [0.2, 0.25) is 0 Å². The lowest BCUT2D eigenvalue weighted by atomic mass is 9.73. The molecule has 1 saturated carbocycles. The predicted molar refractivity (Wildman–Crippen MR) is 77.8 cm³/mol. The second-order valence-electron chi connectivity index (χ2n) is 6.27. The number of carbonyl (C=O) groups is 1. The van der Waals surface area contributed by atoms with Crippen molar-refractivity contribution in [2.75, 3.05) is 5.32 Å². The average molecular weight is 261 g/mol. The van der Waals surface area contributed by atoms with Crippen molar-refractivity contribution < 1.29 is 9.90 Å². The van der Waals surface area contributed by atoms with Crippen LogP contribution in [-0.2, 0) is 0 Å². The number of carboxylic acid groups (broad SMARTS) is 1. The van der Waals surface area contributed by atoms with Crippen molar-refractivity contribution in [1.29, 1.82) is 0 Å². The van der Waals surface area contributed by atoms with E-state index in [4.69, 9.17) is 5.11 Å². The van der Waals surface area contributed by atoms with Gasteiger partial charge in [-0.25, -0.2) is 4.79 Å². The number of benzene rings is 1. The summed E-state index contributed by atoms with van der Waals surface area (Å²) in [7, 11) is 0. The van der Waals surface area contributed by atoms with E-state index in [0.29, 0.717) is 11.6 Å². The van der Waals surface area contributed by atoms with Gasteiger partial charge < -0.3 is 10.4 Å². The number of aryl methyl sites for hydroxylation is 1. The Bertz CT molecular complexity index is 480. The fraction of sp³-hybridized carbons (Fsp3) is 0.562. The Morgan fingerprint density at radius 1 is 1.37 bits per heavy atom. The molecule has 3 heteroatoms. The summed E-state index contributed by atoms with van der Waals surface area (Å²) in [6, 6.07) is 5.71. The molecule has 1 aliphatic carbocycles. The molecule has 1 atom stereocenters. The lowest BCUT2D eigenvalue weighted by Gasteiger charge is -2.40. The highest BCUT2D eigenvalue weighted by Gasteiger charge is 2.32. The molecule has 104 valence electrons. The van der Waals surface area contributed by atoms with Crippen LogP contribution < -0.4 is 5.32 Å². The maximum Gasteiger partial charge on any atom is 0.335 e. The molecule has 0 aromatic heterocycles. The maximum atomic E-state index is 11.1. The molecule has 1 unspecified atom stereocenters. The topological polar surface area (TPSA) is 49.3 Å². The van der Waals surface area contributed by atoms with Gasteiger partial charge in [-0.1, -0.05) is 32.8 Å². The Balaban J connectivity index is 2.22. The average Bonchev–Trinajstić information content (AvgIpc) is 2.34. The van der Waals surface area contributed by atoms with Crippen LogP contribution in [0, 0.1) is 12.3 Å². The first-order valence-corrected chi connectivity index (χ1v) is 7.00. The van der Waals surface area contributed by atoms with Gasteiger partial charge in [0.05, 0.1) is 5.56 Å². The fourth-order valence-corrected chi connectivity index (χ4v) is 2.86. The molecule has 3 nitrogen and oxygen atoms in total. The summed E-state index contributed by atoms with van der Waals surface area (Å²) >= 11 is 0. The van der Waals surface area contributed by atoms with E-state index in [0.717, 1.165) is 17.7 Å². The van der Waals surface area contributed by atoms with Crippen LogP contribution in [-0.4, -0.2) is 17.1 Å². The quantitative estimate of drug-likeness (QED) is 0.862.